The standard InChI is InChI=1S/C17H21NO2S2/c19-22(20,14-15-6-2-1-3-7-15)13-11-18-10-4-8-16(18)17-9-5-12-21-17/h1-3,5-7,9,12,16H,4,8,10-11,13-14H2/t16-/m1/s1. The summed E-state index contributed by atoms with van der Waals surface area (Å²) >= 11 is 1.77. The molecule has 0 N–H and O–H groups in total. The number of hydrogen-bond donors (Lipinski definition) is 0. The third-order valence-corrected chi connectivity index (χ3v) is 6.71. The molecule has 3 rings (SSSR count). The van der Waals surface area contributed by atoms with Crippen LogP contribution in [0.1, 0.15) is 29.3 Å². The second-order valence-electron chi connectivity index (χ2n) is 5.79. The van der Waals surface area contributed by atoms with Crippen molar-refractivity contribution in [3.63, 3.8) is 0 Å². The van der Waals surface area contributed by atoms with E-state index in [1.807, 2.05) is 30.3 Å². The molecular formula is C17H21NO2S2. The molecule has 118 valence electrons. The largest absolute Gasteiger partial charge is 0.295 e. The van der Waals surface area contributed by atoms with Gasteiger partial charge in [-0.15, -0.1) is 11.3 Å². The molecule has 5 heteroatoms. The van der Waals surface area contributed by atoms with E-state index >= 15 is 0 Å². The Hall–Kier alpha value is -1.17. The normalized spacial score (nSPS) is 19.5. The summed E-state index contributed by atoms with van der Waals surface area (Å²) in [7, 11) is -3.05. The summed E-state index contributed by atoms with van der Waals surface area (Å²) in [5.74, 6) is 0.384. The lowest BCUT2D eigenvalue weighted by Crippen LogP contribution is -2.29. The molecule has 1 fully saturated rings. The van der Waals surface area contributed by atoms with Crippen LogP contribution in [0.25, 0.3) is 0 Å². The highest BCUT2D eigenvalue weighted by atomic mass is 32.2. The van der Waals surface area contributed by atoms with Crippen LogP contribution in [-0.4, -0.2) is 32.2 Å². The van der Waals surface area contributed by atoms with Crippen LogP contribution in [0.5, 0.6) is 0 Å². The summed E-state index contributed by atoms with van der Waals surface area (Å²) in [5.41, 5.74) is 0.874. The van der Waals surface area contributed by atoms with Gasteiger partial charge >= 0.3 is 0 Å². The molecule has 0 spiro atoms. The van der Waals surface area contributed by atoms with Gasteiger partial charge in [0.1, 0.15) is 0 Å². The molecule has 0 unspecified atom stereocenters. The average Bonchev–Trinajstić information content (AvgIpc) is 3.17. The first kappa shape index (κ1) is 15.7. The van der Waals surface area contributed by atoms with Crippen LogP contribution >= 0.6 is 11.3 Å². The van der Waals surface area contributed by atoms with Gasteiger partial charge in [-0.05, 0) is 36.4 Å². The predicted octanol–water partition coefficient (Wildman–Crippen LogP) is 3.50. The number of likely N-dealkylation sites (tertiary alicyclic amines) is 1. The van der Waals surface area contributed by atoms with Crippen molar-refractivity contribution in [1.29, 1.82) is 0 Å². The molecule has 1 atom stereocenters. The SMILES string of the molecule is O=S(=O)(CCN1CCC[C@@H]1c1cccs1)Cc1ccccc1. The van der Waals surface area contributed by atoms with Crippen molar-refractivity contribution in [2.45, 2.75) is 24.6 Å². The number of sulfone groups is 1. The Morgan fingerprint density at radius 3 is 2.68 bits per heavy atom. The van der Waals surface area contributed by atoms with E-state index in [1.54, 1.807) is 11.3 Å². The lowest BCUT2D eigenvalue weighted by atomic mass is 10.2. The van der Waals surface area contributed by atoms with Crippen LogP contribution in [0.4, 0.5) is 0 Å². The first-order chi connectivity index (χ1) is 10.6. The van der Waals surface area contributed by atoms with E-state index in [0.29, 0.717) is 12.6 Å². The van der Waals surface area contributed by atoms with Crippen molar-refractivity contribution in [2.24, 2.45) is 0 Å². The topological polar surface area (TPSA) is 37.4 Å². The van der Waals surface area contributed by atoms with E-state index in [-0.39, 0.29) is 11.5 Å². The van der Waals surface area contributed by atoms with Gasteiger partial charge in [0.25, 0.3) is 0 Å². The Labute approximate surface area is 136 Å². The fraction of sp³-hybridized carbons (Fsp3) is 0.412. The zero-order valence-corrected chi connectivity index (χ0v) is 14.2. The highest BCUT2D eigenvalue weighted by Gasteiger charge is 2.27. The van der Waals surface area contributed by atoms with Crippen LogP contribution in [0.3, 0.4) is 0 Å². The van der Waals surface area contributed by atoms with Crippen molar-refractivity contribution >= 4 is 21.2 Å². The van der Waals surface area contributed by atoms with Gasteiger partial charge in [-0.25, -0.2) is 8.42 Å². The van der Waals surface area contributed by atoms with Gasteiger partial charge in [0.15, 0.2) is 9.84 Å². The second kappa shape index (κ2) is 6.94. The third kappa shape index (κ3) is 3.97. The smallest absolute Gasteiger partial charge is 0.155 e. The number of rotatable bonds is 6. The molecule has 0 bridgehead atoms. The van der Waals surface area contributed by atoms with Crippen molar-refractivity contribution in [1.82, 2.24) is 4.90 Å². The van der Waals surface area contributed by atoms with Crippen LogP contribution in [0, 0.1) is 0 Å². The first-order valence-corrected chi connectivity index (χ1v) is 10.4. The van der Waals surface area contributed by atoms with E-state index in [2.05, 4.69) is 22.4 Å². The van der Waals surface area contributed by atoms with Gasteiger partial charge in [0.2, 0.25) is 0 Å². The predicted molar refractivity (Wildman–Crippen MR) is 91.8 cm³/mol. The molecule has 0 radical (unpaired) electrons. The van der Waals surface area contributed by atoms with Gasteiger partial charge in [-0.1, -0.05) is 36.4 Å². The number of benzene rings is 1. The minimum Gasteiger partial charge on any atom is -0.295 e. The Balaban J connectivity index is 1.59. The maximum absolute atomic E-state index is 12.3. The van der Waals surface area contributed by atoms with Crippen molar-refractivity contribution < 1.29 is 8.42 Å². The molecular weight excluding hydrogens is 314 g/mol. The molecule has 0 saturated carbocycles. The molecule has 0 aliphatic carbocycles. The van der Waals surface area contributed by atoms with E-state index in [4.69, 9.17) is 0 Å². The van der Waals surface area contributed by atoms with E-state index in [0.717, 1.165) is 24.9 Å². The van der Waals surface area contributed by atoms with Crippen LogP contribution in [0.15, 0.2) is 47.8 Å². The highest BCUT2D eigenvalue weighted by Crippen LogP contribution is 2.34. The minimum absolute atomic E-state index is 0.144. The van der Waals surface area contributed by atoms with Gasteiger partial charge in [0.05, 0.1) is 11.5 Å². The van der Waals surface area contributed by atoms with Gasteiger partial charge in [-0.3, -0.25) is 4.90 Å². The van der Waals surface area contributed by atoms with Crippen LogP contribution < -0.4 is 0 Å². The summed E-state index contributed by atoms with van der Waals surface area (Å²) in [6, 6.07) is 14.1. The quantitative estimate of drug-likeness (QED) is 0.811. The Bertz CT molecular complexity index is 681. The van der Waals surface area contributed by atoms with Crippen LogP contribution in [-0.2, 0) is 15.6 Å². The Kier molecular flexibility index (Phi) is 4.96. The zero-order valence-electron chi connectivity index (χ0n) is 12.5. The number of thiophene rings is 1. The summed E-state index contributed by atoms with van der Waals surface area (Å²) < 4.78 is 24.7. The zero-order chi connectivity index (χ0) is 15.4. The Morgan fingerprint density at radius 1 is 1.14 bits per heavy atom. The van der Waals surface area contributed by atoms with Crippen molar-refractivity contribution in [3.05, 3.63) is 58.3 Å². The van der Waals surface area contributed by atoms with E-state index in [1.165, 1.54) is 4.88 Å². The molecule has 22 heavy (non-hydrogen) atoms. The molecule has 1 aliphatic heterocycles. The van der Waals surface area contributed by atoms with E-state index < -0.39 is 9.84 Å². The van der Waals surface area contributed by atoms with Gasteiger partial charge in [0, 0.05) is 17.5 Å². The number of nitrogens with zero attached hydrogens (tertiary/aromatic N) is 1. The van der Waals surface area contributed by atoms with E-state index in [9.17, 15) is 8.42 Å². The number of hydrogen-bond acceptors (Lipinski definition) is 4. The molecule has 2 aromatic rings. The lowest BCUT2D eigenvalue weighted by Gasteiger charge is -2.23. The maximum Gasteiger partial charge on any atom is 0.155 e. The van der Waals surface area contributed by atoms with Crippen LogP contribution in [0.2, 0.25) is 0 Å². The fourth-order valence-corrected chi connectivity index (χ4v) is 5.31. The molecule has 2 heterocycles. The van der Waals surface area contributed by atoms with Gasteiger partial charge in [-0.2, -0.15) is 0 Å². The summed E-state index contributed by atoms with van der Waals surface area (Å²) in [4.78, 5) is 3.69. The summed E-state index contributed by atoms with van der Waals surface area (Å²) in [6.07, 6.45) is 2.29. The molecule has 3 nitrogen and oxygen atoms in total. The molecule has 0 amide bonds. The van der Waals surface area contributed by atoms with Crippen molar-refractivity contribution in [2.75, 3.05) is 18.8 Å². The van der Waals surface area contributed by atoms with Crippen molar-refractivity contribution in [3.8, 4) is 0 Å². The summed E-state index contributed by atoms with van der Waals surface area (Å²) in [5, 5.41) is 2.10. The molecule has 1 saturated heterocycles. The summed E-state index contributed by atoms with van der Waals surface area (Å²) in [6.45, 7) is 1.64. The monoisotopic (exact) mass is 335 g/mol. The molecule has 1 aromatic carbocycles. The molecule has 1 aromatic heterocycles. The highest BCUT2D eigenvalue weighted by molar-refractivity contribution is 7.90. The second-order valence-corrected chi connectivity index (χ2v) is 8.95. The third-order valence-electron chi connectivity index (χ3n) is 4.15. The Morgan fingerprint density at radius 2 is 1.95 bits per heavy atom. The maximum atomic E-state index is 12.3. The lowest BCUT2D eigenvalue weighted by molar-refractivity contribution is 0.276. The van der Waals surface area contributed by atoms with Gasteiger partial charge < -0.3 is 0 Å². The minimum atomic E-state index is -3.05. The average molecular weight is 335 g/mol. The fourth-order valence-electron chi connectivity index (χ4n) is 3.05. The first-order valence-electron chi connectivity index (χ1n) is 7.66. The molecule has 1 aliphatic rings.